The number of hydrogen-bond donors (Lipinski definition) is 0. The fourth-order valence-corrected chi connectivity index (χ4v) is 2.40. The molecule has 142 valence electrons. The molecule has 0 N–H and O–H groups in total. The van der Waals surface area contributed by atoms with Crippen LogP contribution in [0.1, 0.15) is 11.6 Å². The van der Waals surface area contributed by atoms with Crippen molar-refractivity contribution in [1.82, 2.24) is 35.3 Å². The average Bonchev–Trinajstić information content (AvgIpc) is 3.33. The number of nitrogens with zero attached hydrogens (tertiary/aromatic N) is 7. The molecule has 0 saturated heterocycles. The third-order valence-corrected chi connectivity index (χ3v) is 3.86. The van der Waals surface area contributed by atoms with Crippen LogP contribution >= 0.6 is 11.6 Å². The lowest BCUT2D eigenvalue weighted by atomic mass is 10.2. The molecule has 0 bridgehead atoms. The summed E-state index contributed by atoms with van der Waals surface area (Å²) in [6.07, 6.45) is -3.35. The molecule has 12 heteroatoms. The van der Waals surface area contributed by atoms with E-state index in [2.05, 4.69) is 35.1 Å². The first kappa shape index (κ1) is 18.0. The van der Waals surface area contributed by atoms with E-state index in [-0.39, 0.29) is 17.9 Å². The molecule has 0 unspecified atom stereocenters. The molecule has 4 aromatic rings. The molecule has 1 aromatic carbocycles. The zero-order chi connectivity index (χ0) is 19.7. The van der Waals surface area contributed by atoms with Crippen molar-refractivity contribution in [3.05, 3.63) is 59.2 Å². The average molecular weight is 408 g/mol. The third-order valence-electron chi connectivity index (χ3n) is 3.61. The first-order valence-corrected chi connectivity index (χ1v) is 8.16. The van der Waals surface area contributed by atoms with Gasteiger partial charge in [0.2, 0.25) is 11.6 Å². The van der Waals surface area contributed by atoms with Crippen molar-refractivity contribution in [2.24, 2.45) is 0 Å². The Morgan fingerprint density at radius 3 is 2.39 bits per heavy atom. The maximum absolute atomic E-state index is 12.5. The standard InChI is InChI=1S/C16H9ClF3N7O/c17-11-4-1-9(2-5-11)14-23-26-27(24-14)8-12-6-3-10(7-21-12)13-22-15(28-25-13)16(18,19)20/h1-7H,8H2. The minimum atomic E-state index is -4.70. The zero-order valence-corrected chi connectivity index (χ0v) is 14.6. The third kappa shape index (κ3) is 3.83. The molecule has 0 aliphatic heterocycles. The van der Waals surface area contributed by atoms with Crippen molar-refractivity contribution < 1.29 is 17.7 Å². The predicted octanol–water partition coefficient (Wildman–Crippen LogP) is 3.51. The van der Waals surface area contributed by atoms with Crippen LogP contribution in [-0.4, -0.2) is 35.3 Å². The summed E-state index contributed by atoms with van der Waals surface area (Å²) in [4.78, 5) is 8.83. The van der Waals surface area contributed by atoms with E-state index >= 15 is 0 Å². The minimum Gasteiger partial charge on any atom is -0.329 e. The van der Waals surface area contributed by atoms with E-state index in [0.717, 1.165) is 5.56 Å². The highest BCUT2D eigenvalue weighted by Crippen LogP contribution is 2.29. The molecule has 3 aromatic heterocycles. The molecule has 4 rings (SSSR count). The highest BCUT2D eigenvalue weighted by molar-refractivity contribution is 6.30. The Kier molecular flexibility index (Phi) is 4.51. The van der Waals surface area contributed by atoms with Gasteiger partial charge in [0.1, 0.15) is 6.54 Å². The predicted molar refractivity (Wildman–Crippen MR) is 89.9 cm³/mol. The molecule has 0 amide bonds. The van der Waals surface area contributed by atoms with Gasteiger partial charge in [0, 0.05) is 22.3 Å². The van der Waals surface area contributed by atoms with Crippen LogP contribution in [0.15, 0.2) is 47.1 Å². The smallest absolute Gasteiger partial charge is 0.329 e. The van der Waals surface area contributed by atoms with Crippen LogP contribution in [0.4, 0.5) is 13.2 Å². The van der Waals surface area contributed by atoms with Gasteiger partial charge in [-0.3, -0.25) is 4.98 Å². The highest BCUT2D eigenvalue weighted by Gasteiger charge is 2.38. The monoisotopic (exact) mass is 407 g/mol. The summed E-state index contributed by atoms with van der Waals surface area (Å²) >= 11 is 5.85. The number of benzene rings is 1. The van der Waals surface area contributed by atoms with Crippen molar-refractivity contribution >= 4 is 11.6 Å². The van der Waals surface area contributed by atoms with Gasteiger partial charge in [-0.15, -0.1) is 10.2 Å². The summed E-state index contributed by atoms with van der Waals surface area (Å²) in [6, 6.07) is 10.1. The zero-order valence-electron chi connectivity index (χ0n) is 13.8. The van der Waals surface area contributed by atoms with Gasteiger partial charge in [0.15, 0.2) is 0 Å². The largest absolute Gasteiger partial charge is 0.471 e. The number of tetrazole rings is 1. The molecule has 0 aliphatic carbocycles. The van der Waals surface area contributed by atoms with Gasteiger partial charge in [0.25, 0.3) is 0 Å². The van der Waals surface area contributed by atoms with E-state index in [1.165, 1.54) is 17.1 Å². The van der Waals surface area contributed by atoms with E-state index in [1.54, 1.807) is 30.3 Å². The summed E-state index contributed by atoms with van der Waals surface area (Å²) in [7, 11) is 0. The molecular formula is C16H9ClF3N7O. The van der Waals surface area contributed by atoms with Crippen LogP contribution in [0.25, 0.3) is 22.8 Å². The van der Waals surface area contributed by atoms with E-state index < -0.39 is 12.1 Å². The summed E-state index contributed by atoms with van der Waals surface area (Å²) in [6.45, 7) is 0.223. The first-order valence-electron chi connectivity index (χ1n) is 7.78. The van der Waals surface area contributed by atoms with Crippen molar-refractivity contribution in [2.45, 2.75) is 12.7 Å². The van der Waals surface area contributed by atoms with E-state index in [0.29, 0.717) is 16.5 Å². The van der Waals surface area contributed by atoms with E-state index in [9.17, 15) is 13.2 Å². The Balaban J connectivity index is 1.48. The van der Waals surface area contributed by atoms with Gasteiger partial charge >= 0.3 is 12.1 Å². The van der Waals surface area contributed by atoms with Crippen molar-refractivity contribution in [3.63, 3.8) is 0 Å². The topological polar surface area (TPSA) is 95.4 Å². The van der Waals surface area contributed by atoms with Crippen LogP contribution in [0, 0.1) is 0 Å². The molecule has 28 heavy (non-hydrogen) atoms. The number of aromatic nitrogens is 7. The fourth-order valence-electron chi connectivity index (χ4n) is 2.28. The summed E-state index contributed by atoms with van der Waals surface area (Å²) in [5.41, 5.74) is 1.62. The highest BCUT2D eigenvalue weighted by atomic mass is 35.5. The van der Waals surface area contributed by atoms with Gasteiger partial charge in [-0.05, 0) is 41.6 Å². The lowest BCUT2D eigenvalue weighted by Gasteiger charge is -2.00. The number of pyridine rings is 1. The van der Waals surface area contributed by atoms with Crippen LogP contribution in [0.2, 0.25) is 5.02 Å². The Bertz CT molecular complexity index is 1090. The number of halogens is 4. The summed E-state index contributed by atoms with van der Waals surface area (Å²) in [5.74, 6) is -1.18. The fraction of sp³-hybridized carbons (Fsp3) is 0.125. The maximum atomic E-state index is 12.5. The van der Waals surface area contributed by atoms with Gasteiger partial charge < -0.3 is 4.52 Å². The number of alkyl halides is 3. The van der Waals surface area contributed by atoms with Crippen LogP contribution in [0.3, 0.4) is 0 Å². The van der Waals surface area contributed by atoms with Crippen molar-refractivity contribution in [3.8, 4) is 22.8 Å². The number of rotatable bonds is 4. The van der Waals surface area contributed by atoms with E-state index in [1.807, 2.05) is 0 Å². The van der Waals surface area contributed by atoms with Gasteiger partial charge in [-0.2, -0.15) is 23.0 Å². The number of hydrogen-bond acceptors (Lipinski definition) is 7. The molecule has 0 radical (unpaired) electrons. The molecule has 0 fully saturated rings. The maximum Gasteiger partial charge on any atom is 0.471 e. The summed E-state index contributed by atoms with van der Waals surface area (Å²) in [5, 5.41) is 16.1. The summed E-state index contributed by atoms with van der Waals surface area (Å²) < 4.78 is 41.8. The van der Waals surface area contributed by atoms with Gasteiger partial charge in [-0.25, -0.2) is 0 Å². The lowest BCUT2D eigenvalue weighted by Crippen LogP contribution is -2.06. The SMILES string of the molecule is FC(F)(F)c1nc(-c2ccc(Cn3nnc(-c4ccc(Cl)cc4)n3)nc2)no1. The molecule has 8 nitrogen and oxygen atoms in total. The second-order valence-corrected chi connectivity index (χ2v) is 6.05. The molecule has 3 heterocycles. The Morgan fingerprint density at radius 1 is 1.00 bits per heavy atom. The van der Waals surface area contributed by atoms with E-state index in [4.69, 9.17) is 11.6 Å². The quantitative estimate of drug-likeness (QED) is 0.510. The van der Waals surface area contributed by atoms with Crippen LogP contribution < -0.4 is 0 Å². The Morgan fingerprint density at radius 2 is 1.75 bits per heavy atom. The van der Waals surface area contributed by atoms with Crippen molar-refractivity contribution in [2.75, 3.05) is 0 Å². The lowest BCUT2D eigenvalue weighted by molar-refractivity contribution is -0.159. The molecular weight excluding hydrogens is 399 g/mol. The van der Waals surface area contributed by atoms with Crippen LogP contribution in [-0.2, 0) is 12.7 Å². The van der Waals surface area contributed by atoms with Gasteiger partial charge in [-0.1, -0.05) is 16.8 Å². The molecule has 0 atom stereocenters. The first-order chi connectivity index (χ1) is 13.4. The minimum absolute atomic E-state index is 0.199. The van der Waals surface area contributed by atoms with Crippen LogP contribution in [0.5, 0.6) is 0 Å². The second-order valence-electron chi connectivity index (χ2n) is 5.61. The second kappa shape index (κ2) is 7.00. The van der Waals surface area contributed by atoms with Gasteiger partial charge in [0.05, 0.1) is 5.69 Å². The Hall–Kier alpha value is -3.34. The van der Waals surface area contributed by atoms with Crippen molar-refractivity contribution in [1.29, 1.82) is 0 Å². The normalized spacial score (nSPS) is 11.7. The molecule has 0 spiro atoms. The molecule has 0 saturated carbocycles. The molecule has 0 aliphatic rings. The Labute approximate surface area is 160 Å².